The first kappa shape index (κ1) is 23.4. The van der Waals surface area contributed by atoms with Crippen molar-refractivity contribution in [2.24, 2.45) is 10.8 Å². The second kappa shape index (κ2) is 8.85. The minimum absolute atomic E-state index is 0.0461. The van der Waals surface area contributed by atoms with E-state index in [0.29, 0.717) is 25.9 Å². The molecule has 2 aliphatic rings. The van der Waals surface area contributed by atoms with Gasteiger partial charge >= 0.3 is 0 Å². The Hall–Kier alpha value is 0.1000. The Kier molecular flexibility index (Phi) is 7.66. The Morgan fingerprint density at radius 2 is 0.926 bits per heavy atom. The summed E-state index contributed by atoms with van der Waals surface area (Å²) < 4.78 is -1.80. The summed E-state index contributed by atoms with van der Waals surface area (Å²) in [6.45, 7) is 4.95. The summed E-state index contributed by atoms with van der Waals surface area (Å²) >= 11 is 24.0. The van der Waals surface area contributed by atoms with Crippen LogP contribution in [0.1, 0.15) is 71.6 Å². The molecule has 0 radical (unpaired) electrons. The zero-order chi connectivity index (χ0) is 20.3. The number of hydrogen-bond acceptors (Lipinski definition) is 2. The zero-order valence-electron chi connectivity index (χ0n) is 16.1. The van der Waals surface area contributed by atoms with Crippen LogP contribution in [0.5, 0.6) is 0 Å². The van der Waals surface area contributed by atoms with Gasteiger partial charge in [-0.25, -0.2) is 0 Å². The summed E-state index contributed by atoms with van der Waals surface area (Å²) in [5.41, 5.74) is -1.25. The molecule has 0 spiro atoms. The molecule has 2 N–H and O–H groups in total. The number of carbonyl (C=O) groups is 2. The van der Waals surface area contributed by atoms with Crippen molar-refractivity contribution in [1.29, 1.82) is 0 Å². The van der Waals surface area contributed by atoms with E-state index in [0.717, 1.165) is 44.9 Å². The molecule has 0 aromatic heterocycles. The van der Waals surface area contributed by atoms with E-state index in [1.54, 1.807) is 13.8 Å². The highest BCUT2D eigenvalue weighted by atomic mass is 35.5. The van der Waals surface area contributed by atoms with E-state index in [-0.39, 0.29) is 11.8 Å². The highest BCUT2D eigenvalue weighted by Crippen LogP contribution is 2.64. The van der Waals surface area contributed by atoms with Crippen LogP contribution in [0, 0.1) is 10.8 Å². The lowest BCUT2D eigenvalue weighted by Crippen LogP contribution is -2.33. The number of halogens is 4. The predicted molar refractivity (Wildman–Crippen MR) is 113 cm³/mol. The molecule has 0 bridgehead atoms. The fourth-order valence-electron chi connectivity index (χ4n) is 3.22. The lowest BCUT2D eigenvalue weighted by atomic mass is 10.1. The van der Waals surface area contributed by atoms with Crippen LogP contribution in [0.3, 0.4) is 0 Å². The molecular formula is C19H30Cl4N2O2. The van der Waals surface area contributed by atoms with Crippen molar-refractivity contribution in [3.63, 3.8) is 0 Å². The van der Waals surface area contributed by atoms with Crippen LogP contribution >= 0.6 is 46.4 Å². The van der Waals surface area contributed by atoms with Gasteiger partial charge in [0.25, 0.3) is 0 Å². The minimum Gasteiger partial charge on any atom is -0.356 e. The number of hydrogen-bond donors (Lipinski definition) is 2. The molecule has 2 amide bonds. The summed E-state index contributed by atoms with van der Waals surface area (Å²) in [5, 5.41) is 5.85. The highest BCUT2D eigenvalue weighted by molar-refractivity contribution is 6.53. The molecule has 2 rings (SSSR count). The predicted octanol–water partition coefficient (Wildman–Crippen LogP) is 5.12. The van der Waals surface area contributed by atoms with Gasteiger partial charge in [0, 0.05) is 13.1 Å². The van der Waals surface area contributed by atoms with Crippen molar-refractivity contribution in [3.05, 3.63) is 0 Å². The van der Waals surface area contributed by atoms with Gasteiger partial charge in [0.15, 0.2) is 0 Å². The van der Waals surface area contributed by atoms with E-state index < -0.39 is 19.5 Å². The van der Waals surface area contributed by atoms with E-state index in [1.807, 2.05) is 0 Å². The molecule has 8 heteroatoms. The number of unbranched alkanes of at least 4 members (excludes halogenated alkanes) is 6. The molecule has 2 saturated carbocycles. The van der Waals surface area contributed by atoms with Crippen LogP contribution in [-0.4, -0.2) is 33.6 Å². The first-order valence-corrected chi connectivity index (χ1v) is 11.3. The number of alkyl halides is 4. The Labute approximate surface area is 182 Å². The Morgan fingerprint density at radius 3 is 1.19 bits per heavy atom. The average Bonchev–Trinajstić information content (AvgIpc) is 3.31. The largest absolute Gasteiger partial charge is 0.356 e. The summed E-state index contributed by atoms with van der Waals surface area (Å²) in [5.74, 6) is -0.0923. The molecule has 2 fully saturated rings. The maximum absolute atomic E-state index is 12.0. The third kappa shape index (κ3) is 5.58. The van der Waals surface area contributed by atoms with Crippen LogP contribution < -0.4 is 10.6 Å². The summed E-state index contributed by atoms with van der Waals surface area (Å²) in [7, 11) is 0. The van der Waals surface area contributed by atoms with Gasteiger partial charge in [-0.3, -0.25) is 9.59 Å². The van der Waals surface area contributed by atoms with E-state index in [4.69, 9.17) is 46.4 Å². The molecule has 2 aliphatic carbocycles. The lowest BCUT2D eigenvalue weighted by Gasteiger charge is -2.12. The summed E-state index contributed by atoms with van der Waals surface area (Å²) in [6.07, 6.45) is 8.61. The van der Waals surface area contributed by atoms with E-state index in [9.17, 15) is 9.59 Å². The monoisotopic (exact) mass is 458 g/mol. The molecule has 0 unspecified atom stereocenters. The normalized spacial score (nSPS) is 29.9. The third-order valence-electron chi connectivity index (χ3n) is 5.94. The molecule has 0 aromatic rings. The van der Waals surface area contributed by atoms with Gasteiger partial charge in [0.2, 0.25) is 11.8 Å². The minimum atomic E-state index is -0.899. The first-order chi connectivity index (χ1) is 12.5. The van der Waals surface area contributed by atoms with Crippen molar-refractivity contribution in [3.8, 4) is 0 Å². The van der Waals surface area contributed by atoms with Gasteiger partial charge in [-0.05, 0) is 39.5 Å². The number of amides is 2. The first-order valence-electron chi connectivity index (χ1n) is 9.79. The van der Waals surface area contributed by atoms with E-state index >= 15 is 0 Å². The number of carbonyl (C=O) groups excluding carboxylic acids is 2. The smallest absolute Gasteiger partial charge is 0.229 e. The standard InChI is InChI=1S/C19H30Cl4N2O2/c1-16(12-18(16,20)21)14(26)24-10-8-6-4-3-5-7-9-11-25-15(27)17(2)13-19(17,22)23/h3-13H2,1-2H3,(H,24,26)(H,25,27)/t16-,17-/m1/s1. The average molecular weight is 460 g/mol. The fourth-order valence-corrected chi connectivity index (χ4v) is 4.63. The van der Waals surface area contributed by atoms with E-state index in [1.165, 1.54) is 0 Å². The molecule has 0 saturated heterocycles. The lowest BCUT2D eigenvalue weighted by molar-refractivity contribution is -0.126. The quantitative estimate of drug-likeness (QED) is 0.314. The topological polar surface area (TPSA) is 58.2 Å². The molecule has 0 aromatic carbocycles. The Bertz CT molecular complexity index is 522. The molecule has 27 heavy (non-hydrogen) atoms. The number of rotatable bonds is 12. The number of nitrogens with one attached hydrogen (secondary N) is 2. The maximum atomic E-state index is 12.0. The van der Waals surface area contributed by atoms with Crippen LogP contribution in [0.2, 0.25) is 0 Å². The Morgan fingerprint density at radius 1 is 0.667 bits per heavy atom. The SMILES string of the molecule is C[C@]1(C(=O)NCCCCCCCCCNC(=O)[C@@]2(C)CC2(Cl)Cl)CC1(Cl)Cl. The van der Waals surface area contributed by atoms with Crippen LogP contribution in [0.25, 0.3) is 0 Å². The van der Waals surface area contributed by atoms with Crippen LogP contribution in [-0.2, 0) is 9.59 Å². The molecule has 0 aliphatic heterocycles. The molecule has 4 nitrogen and oxygen atoms in total. The van der Waals surface area contributed by atoms with Crippen molar-refractivity contribution in [2.75, 3.05) is 13.1 Å². The van der Waals surface area contributed by atoms with Gasteiger partial charge in [-0.1, -0.05) is 32.1 Å². The van der Waals surface area contributed by atoms with Gasteiger partial charge in [0.1, 0.15) is 8.67 Å². The second-order valence-corrected chi connectivity index (χ2v) is 11.4. The second-order valence-electron chi connectivity index (χ2n) is 8.41. The Balaban J connectivity index is 1.37. The van der Waals surface area contributed by atoms with Gasteiger partial charge in [0.05, 0.1) is 10.8 Å². The summed E-state index contributed by atoms with van der Waals surface area (Å²) in [6, 6.07) is 0. The highest BCUT2D eigenvalue weighted by Gasteiger charge is 2.68. The third-order valence-corrected chi connectivity index (χ3v) is 8.15. The van der Waals surface area contributed by atoms with E-state index in [2.05, 4.69) is 10.6 Å². The zero-order valence-corrected chi connectivity index (χ0v) is 19.1. The van der Waals surface area contributed by atoms with Gasteiger partial charge in [-0.15, -0.1) is 46.4 Å². The maximum Gasteiger partial charge on any atom is 0.229 e. The van der Waals surface area contributed by atoms with Crippen molar-refractivity contribution >= 4 is 58.2 Å². The van der Waals surface area contributed by atoms with Crippen molar-refractivity contribution in [1.82, 2.24) is 10.6 Å². The molecule has 0 heterocycles. The van der Waals surface area contributed by atoms with Gasteiger partial charge in [-0.2, -0.15) is 0 Å². The molecule has 156 valence electrons. The molecule has 2 atom stereocenters. The fraction of sp³-hybridized carbons (Fsp3) is 0.895. The van der Waals surface area contributed by atoms with Crippen LogP contribution in [0.15, 0.2) is 0 Å². The molecular weight excluding hydrogens is 430 g/mol. The van der Waals surface area contributed by atoms with Crippen molar-refractivity contribution in [2.45, 2.75) is 80.3 Å². The van der Waals surface area contributed by atoms with Crippen molar-refractivity contribution < 1.29 is 9.59 Å². The summed E-state index contributed by atoms with van der Waals surface area (Å²) in [4.78, 5) is 24.0. The van der Waals surface area contributed by atoms with Crippen LogP contribution in [0.4, 0.5) is 0 Å². The van der Waals surface area contributed by atoms with Gasteiger partial charge < -0.3 is 10.6 Å².